The van der Waals surface area contributed by atoms with Crippen molar-refractivity contribution < 1.29 is 0 Å². The number of allylic oxidation sites excluding steroid dienone is 1. The number of thiophene rings is 1. The molecule has 0 saturated heterocycles. The summed E-state index contributed by atoms with van der Waals surface area (Å²) in [5.41, 5.74) is 2.24. The number of aliphatic imine (C=N–C) groups is 1. The molecule has 2 heteroatoms. The Morgan fingerprint density at radius 1 is 1.73 bits per heavy atom. The van der Waals surface area contributed by atoms with Gasteiger partial charge in [0.15, 0.2) is 0 Å². The zero-order chi connectivity index (χ0) is 8.27. The molecule has 11 heavy (non-hydrogen) atoms. The van der Waals surface area contributed by atoms with Crippen molar-refractivity contribution in [2.24, 2.45) is 4.99 Å². The number of hydrogen-bond acceptors (Lipinski definition) is 2. The van der Waals surface area contributed by atoms with Gasteiger partial charge in [0.1, 0.15) is 5.00 Å². The minimum absolute atomic E-state index is 1.06. The highest BCUT2D eigenvalue weighted by molar-refractivity contribution is 7.14. The molecule has 1 nitrogen and oxygen atoms in total. The quantitative estimate of drug-likeness (QED) is 0.595. The molecular weight excluding hydrogens is 154 g/mol. The van der Waals surface area contributed by atoms with Gasteiger partial charge in [-0.05, 0) is 30.9 Å². The molecule has 0 bridgehead atoms. The molecule has 1 heterocycles. The van der Waals surface area contributed by atoms with Crippen LogP contribution < -0.4 is 0 Å². The lowest BCUT2D eigenvalue weighted by atomic mass is 10.2. The molecule has 0 amide bonds. The van der Waals surface area contributed by atoms with Crippen LogP contribution in [0.1, 0.15) is 19.4 Å². The van der Waals surface area contributed by atoms with Crippen LogP contribution in [-0.2, 0) is 0 Å². The first-order valence-corrected chi connectivity index (χ1v) is 4.35. The van der Waals surface area contributed by atoms with Crippen molar-refractivity contribution in [2.45, 2.75) is 13.8 Å². The fraction of sp³-hybridized carbons (Fsp3) is 0.222. The van der Waals surface area contributed by atoms with E-state index in [9.17, 15) is 0 Å². The third-order valence-corrected chi connectivity index (χ3v) is 2.17. The van der Waals surface area contributed by atoms with Gasteiger partial charge in [-0.25, -0.2) is 0 Å². The molecule has 0 aromatic carbocycles. The van der Waals surface area contributed by atoms with Gasteiger partial charge in [0, 0.05) is 11.8 Å². The first-order chi connectivity index (χ1) is 5.25. The summed E-state index contributed by atoms with van der Waals surface area (Å²) < 4.78 is 0. The van der Waals surface area contributed by atoms with Crippen molar-refractivity contribution in [3.8, 4) is 0 Å². The second-order valence-electron chi connectivity index (χ2n) is 2.31. The van der Waals surface area contributed by atoms with E-state index in [1.54, 1.807) is 17.6 Å². The minimum Gasteiger partial charge on any atom is -0.250 e. The van der Waals surface area contributed by atoms with E-state index in [4.69, 9.17) is 0 Å². The highest BCUT2D eigenvalue weighted by Crippen LogP contribution is 2.30. The molecule has 0 unspecified atom stereocenters. The Kier molecular flexibility index (Phi) is 2.60. The van der Waals surface area contributed by atoms with E-state index < -0.39 is 0 Å². The zero-order valence-electron chi connectivity index (χ0n) is 6.79. The molecule has 1 aromatic rings. The third kappa shape index (κ3) is 1.77. The first-order valence-electron chi connectivity index (χ1n) is 3.47. The standard InChI is InChI=1S/C9H11NS/c1-4-10-9-8(7(2)3)5-6-11-9/h4-6H,2H2,1,3H3/b10-4-. The average molecular weight is 165 g/mol. The summed E-state index contributed by atoms with van der Waals surface area (Å²) in [5, 5.41) is 3.09. The zero-order valence-corrected chi connectivity index (χ0v) is 7.61. The molecule has 0 saturated carbocycles. The SMILES string of the molecule is C=C(C)c1ccsc1/N=C\C. The van der Waals surface area contributed by atoms with Crippen molar-refractivity contribution >= 4 is 28.1 Å². The van der Waals surface area contributed by atoms with E-state index in [1.807, 2.05) is 19.2 Å². The monoisotopic (exact) mass is 165 g/mol. The lowest BCUT2D eigenvalue weighted by Gasteiger charge is -1.94. The predicted molar refractivity (Wildman–Crippen MR) is 52.9 cm³/mol. The molecule has 0 aliphatic rings. The van der Waals surface area contributed by atoms with Crippen molar-refractivity contribution in [2.75, 3.05) is 0 Å². The lowest BCUT2D eigenvalue weighted by molar-refractivity contribution is 1.57. The molecule has 0 N–H and O–H groups in total. The van der Waals surface area contributed by atoms with Gasteiger partial charge in [0.2, 0.25) is 0 Å². The summed E-state index contributed by atoms with van der Waals surface area (Å²) in [6.45, 7) is 7.79. The van der Waals surface area contributed by atoms with Gasteiger partial charge in [-0.1, -0.05) is 6.58 Å². The number of rotatable bonds is 2. The van der Waals surface area contributed by atoms with Gasteiger partial charge in [-0.15, -0.1) is 11.3 Å². The van der Waals surface area contributed by atoms with Gasteiger partial charge in [0.25, 0.3) is 0 Å². The van der Waals surface area contributed by atoms with Crippen LogP contribution >= 0.6 is 11.3 Å². The van der Waals surface area contributed by atoms with Gasteiger partial charge in [-0.3, -0.25) is 4.99 Å². The van der Waals surface area contributed by atoms with E-state index in [1.165, 1.54) is 0 Å². The fourth-order valence-electron chi connectivity index (χ4n) is 0.843. The van der Waals surface area contributed by atoms with Crippen molar-refractivity contribution in [1.29, 1.82) is 0 Å². The smallest absolute Gasteiger partial charge is 0.123 e. The molecule has 1 aromatic heterocycles. The molecule has 0 atom stereocenters. The lowest BCUT2D eigenvalue weighted by Crippen LogP contribution is -1.70. The second-order valence-corrected chi connectivity index (χ2v) is 3.20. The van der Waals surface area contributed by atoms with Crippen LogP contribution in [0.3, 0.4) is 0 Å². The Bertz CT molecular complexity index is 284. The second kappa shape index (κ2) is 3.49. The number of nitrogens with zero attached hydrogens (tertiary/aromatic N) is 1. The Labute approximate surface area is 71.1 Å². The molecular formula is C9H11NS. The summed E-state index contributed by atoms with van der Waals surface area (Å²) in [4.78, 5) is 4.22. The van der Waals surface area contributed by atoms with E-state index >= 15 is 0 Å². The van der Waals surface area contributed by atoms with Crippen LogP contribution in [0.5, 0.6) is 0 Å². The van der Waals surface area contributed by atoms with E-state index in [-0.39, 0.29) is 0 Å². The van der Waals surface area contributed by atoms with Crippen LogP contribution in [0.15, 0.2) is 23.0 Å². The van der Waals surface area contributed by atoms with Gasteiger partial charge < -0.3 is 0 Å². The largest absolute Gasteiger partial charge is 0.250 e. The molecule has 58 valence electrons. The van der Waals surface area contributed by atoms with Crippen LogP contribution in [0, 0.1) is 0 Å². The minimum atomic E-state index is 1.06. The Morgan fingerprint density at radius 3 is 3.00 bits per heavy atom. The normalized spacial score (nSPS) is 10.7. The molecule has 0 aliphatic heterocycles. The van der Waals surface area contributed by atoms with Crippen LogP contribution in [0.4, 0.5) is 5.00 Å². The van der Waals surface area contributed by atoms with E-state index in [0.29, 0.717) is 0 Å². The maximum Gasteiger partial charge on any atom is 0.123 e. The van der Waals surface area contributed by atoms with Crippen LogP contribution in [0.25, 0.3) is 5.57 Å². The highest BCUT2D eigenvalue weighted by Gasteiger charge is 2.00. The summed E-state index contributed by atoms with van der Waals surface area (Å²) >= 11 is 1.64. The highest BCUT2D eigenvalue weighted by atomic mass is 32.1. The van der Waals surface area contributed by atoms with Crippen LogP contribution in [-0.4, -0.2) is 6.21 Å². The predicted octanol–water partition coefficient (Wildman–Crippen LogP) is 3.50. The van der Waals surface area contributed by atoms with Gasteiger partial charge in [0.05, 0.1) is 0 Å². The molecule has 1 rings (SSSR count). The molecule has 0 radical (unpaired) electrons. The molecule has 0 aliphatic carbocycles. The van der Waals surface area contributed by atoms with Crippen molar-refractivity contribution in [1.82, 2.24) is 0 Å². The Morgan fingerprint density at radius 2 is 2.45 bits per heavy atom. The van der Waals surface area contributed by atoms with E-state index in [2.05, 4.69) is 17.6 Å². The van der Waals surface area contributed by atoms with Crippen molar-refractivity contribution in [3.63, 3.8) is 0 Å². The summed E-state index contributed by atoms with van der Waals surface area (Å²) in [5.74, 6) is 0. The maximum absolute atomic E-state index is 4.22. The van der Waals surface area contributed by atoms with Gasteiger partial charge >= 0.3 is 0 Å². The maximum atomic E-state index is 4.22. The fourth-order valence-corrected chi connectivity index (χ4v) is 1.71. The topological polar surface area (TPSA) is 12.4 Å². The van der Waals surface area contributed by atoms with Gasteiger partial charge in [-0.2, -0.15) is 0 Å². The number of hydrogen-bond donors (Lipinski definition) is 0. The molecule has 0 fully saturated rings. The van der Waals surface area contributed by atoms with E-state index in [0.717, 1.165) is 16.1 Å². The first kappa shape index (κ1) is 8.21. The Hall–Kier alpha value is -0.890. The Balaban J connectivity index is 3.05. The van der Waals surface area contributed by atoms with Crippen LogP contribution in [0.2, 0.25) is 0 Å². The van der Waals surface area contributed by atoms with Crippen molar-refractivity contribution in [3.05, 3.63) is 23.6 Å². The summed E-state index contributed by atoms with van der Waals surface area (Å²) in [6, 6.07) is 2.05. The third-order valence-electron chi connectivity index (χ3n) is 1.35. The average Bonchev–Trinajstić information content (AvgIpc) is 2.36. The summed E-state index contributed by atoms with van der Waals surface area (Å²) in [6.07, 6.45) is 1.80. The summed E-state index contributed by atoms with van der Waals surface area (Å²) in [7, 11) is 0. The molecule has 0 spiro atoms.